The molecular formula is C23H22Cl2N2O4S. The molecule has 0 fully saturated rings. The maximum atomic E-state index is 12.9. The van der Waals surface area contributed by atoms with E-state index >= 15 is 0 Å². The van der Waals surface area contributed by atoms with Gasteiger partial charge in [0.25, 0.3) is 5.91 Å². The zero-order valence-corrected chi connectivity index (χ0v) is 19.8. The van der Waals surface area contributed by atoms with Gasteiger partial charge in [-0.3, -0.25) is 4.79 Å². The number of amides is 1. The van der Waals surface area contributed by atoms with Crippen LogP contribution in [0.1, 0.15) is 22.8 Å². The van der Waals surface area contributed by atoms with Crippen LogP contribution in [0.3, 0.4) is 0 Å². The summed E-state index contributed by atoms with van der Waals surface area (Å²) in [6.07, 6.45) is 0. The molecule has 0 saturated carbocycles. The molecule has 6 nitrogen and oxygen atoms in total. The highest BCUT2D eigenvalue weighted by molar-refractivity contribution is 7.89. The van der Waals surface area contributed by atoms with E-state index in [0.29, 0.717) is 39.2 Å². The van der Waals surface area contributed by atoms with Crippen molar-refractivity contribution in [3.63, 3.8) is 0 Å². The van der Waals surface area contributed by atoms with Crippen LogP contribution < -0.4 is 10.1 Å². The lowest BCUT2D eigenvalue weighted by molar-refractivity contribution is 0.102. The lowest BCUT2D eigenvalue weighted by atomic mass is 10.1. The number of benzene rings is 3. The molecule has 0 saturated heterocycles. The number of sulfonamides is 1. The van der Waals surface area contributed by atoms with E-state index in [4.69, 9.17) is 27.9 Å². The summed E-state index contributed by atoms with van der Waals surface area (Å²) in [5.74, 6) is 0.0898. The van der Waals surface area contributed by atoms with Crippen molar-refractivity contribution in [2.24, 2.45) is 0 Å². The molecule has 0 spiro atoms. The molecular weight excluding hydrogens is 471 g/mol. The van der Waals surface area contributed by atoms with Crippen molar-refractivity contribution in [2.45, 2.75) is 18.4 Å². The number of ether oxygens (including phenoxy) is 1. The van der Waals surface area contributed by atoms with Gasteiger partial charge in [-0.15, -0.1) is 0 Å². The Kier molecular flexibility index (Phi) is 7.79. The number of rotatable bonds is 8. The van der Waals surface area contributed by atoms with E-state index in [1.54, 1.807) is 54.6 Å². The first-order valence-electron chi connectivity index (χ1n) is 9.76. The Morgan fingerprint density at radius 2 is 1.75 bits per heavy atom. The Hall–Kier alpha value is -2.58. The molecule has 0 atom stereocenters. The number of anilines is 1. The maximum Gasteiger partial charge on any atom is 0.255 e. The molecule has 3 rings (SSSR count). The van der Waals surface area contributed by atoms with Gasteiger partial charge in [0.2, 0.25) is 10.0 Å². The minimum absolute atomic E-state index is 0.0194. The second kappa shape index (κ2) is 10.4. The van der Waals surface area contributed by atoms with Gasteiger partial charge in [-0.1, -0.05) is 41.4 Å². The Balaban J connectivity index is 1.89. The van der Waals surface area contributed by atoms with Crippen molar-refractivity contribution in [2.75, 3.05) is 19.0 Å². The van der Waals surface area contributed by atoms with Gasteiger partial charge < -0.3 is 10.1 Å². The zero-order chi connectivity index (χ0) is 23.3. The molecule has 0 radical (unpaired) electrons. The topological polar surface area (TPSA) is 75.7 Å². The molecule has 0 aliphatic carbocycles. The van der Waals surface area contributed by atoms with Crippen LogP contribution in [0.15, 0.2) is 71.6 Å². The first-order chi connectivity index (χ1) is 15.2. The summed E-state index contributed by atoms with van der Waals surface area (Å²) >= 11 is 12.1. The molecule has 0 bridgehead atoms. The largest absolute Gasteiger partial charge is 0.494 e. The van der Waals surface area contributed by atoms with Crippen molar-refractivity contribution in [3.8, 4) is 5.75 Å². The average molecular weight is 493 g/mol. The monoisotopic (exact) mass is 492 g/mol. The normalized spacial score (nSPS) is 11.4. The van der Waals surface area contributed by atoms with Gasteiger partial charge >= 0.3 is 0 Å². The van der Waals surface area contributed by atoms with E-state index in [1.807, 2.05) is 6.92 Å². The lowest BCUT2D eigenvalue weighted by Gasteiger charge is -2.20. The van der Waals surface area contributed by atoms with Gasteiger partial charge in [0.05, 0.1) is 22.2 Å². The molecule has 3 aromatic rings. The zero-order valence-electron chi connectivity index (χ0n) is 17.5. The third kappa shape index (κ3) is 5.61. The summed E-state index contributed by atoms with van der Waals surface area (Å²) in [6, 6.07) is 17.8. The molecule has 0 heterocycles. The average Bonchev–Trinajstić information content (AvgIpc) is 2.78. The predicted octanol–water partition coefficient (Wildman–Crippen LogP) is 5.47. The first-order valence-corrected chi connectivity index (χ1v) is 12.0. The van der Waals surface area contributed by atoms with Crippen LogP contribution in [0.2, 0.25) is 10.0 Å². The number of carbonyl (C=O) groups is 1. The molecule has 32 heavy (non-hydrogen) atoms. The van der Waals surface area contributed by atoms with Gasteiger partial charge in [0.15, 0.2) is 0 Å². The fourth-order valence-electron chi connectivity index (χ4n) is 3.03. The van der Waals surface area contributed by atoms with Crippen molar-refractivity contribution in [3.05, 3.63) is 87.9 Å². The van der Waals surface area contributed by atoms with Crippen LogP contribution >= 0.6 is 23.2 Å². The summed E-state index contributed by atoms with van der Waals surface area (Å²) in [5.41, 5.74) is 1.26. The van der Waals surface area contributed by atoms with E-state index in [1.165, 1.54) is 23.5 Å². The van der Waals surface area contributed by atoms with Gasteiger partial charge in [-0.2, -0.15) is 4.31 Å². The number of hydrogen-bond donors (Lipinski definition) is 1. The number of nitrogens with zero attached hydrogens (tertiary/aromatic N) is 1. The first kappa shape index (κ1) is 24.1. The standard InChI is InChI=1S/C23H22Cl2N2O4S/c1-3-31-22-12-9-16(23(28)26-21-14-18(24)10-11-20(21)25)13-17(22)15-27(2)32(29,30)19-7-5-4-6-8-19/h4-14H,3,15H2,1-2H3,(H,26,28). The highest BCUT2D eigenvalue weighted by Gasteiger charge is 2.22. The van der Waals surface area contributed by atoms with Crippen LogP contribution in [0.5, 0.6) is 5.75 Å². The van der Waals surface area contributed by atoms with Crippen LogP contribution in [-0.2, 0) is 16.6 Å². The Morgan fingerprint density at radius 3 is 2.44 bits per heavy atom. The summed E-state index contributed by atoms with van der Waals surface area (Å²) < 4.78 is 32.7. The Bertz CT molecular complexity index is 1220. The van der Waals surface area contributed by atoms with E-state index < -0.39 is 15.9 Å². The van der Waals surface area contributed by atoms with Crippen LogP contribution in [0, 0.1) is 0 Å². The number of carbonyl (C=O) groups excluding carboxylic acids is 1. The van der Waals surface area contributed by atoms with Gasteiger partial charge in [-0.05, 0) is 55.5 Å². The summed E-state index contributed by atoms with van der Waals surface area (Å²) in [4.78, 5) is 13.0. The van der Waals surface area contributed by atoms with E-state index in [0.717, 1.165) is 0 Å². The third-order valence-electron chi connectivity index (χ3n) is 4.64. The van der Waals surface area contributed by atoms with E-state index in [9.17, 15) is 13.2 Å². The summed E-state index contributed by atoms with van der Waals surface area (Å²) in [6.45, 7) is 2.24. The maximum absolute atomic E-state index is 12.9. The fraction of sp³-hybridized carbons (Fsp3) is 0.174. The van der Waals surface area contributed by atoms with Crippen molar-refractivity contribution in [1.29, 1.82) is 0 Å². The summed E-state index contributed by atoms with van der Waals surface area (Å²) in [7, 11) is -2.23. The number of hydrogen-bond acceptors (Lipinski definition) is 4. The van der Waals surface area contributed by atoms with Gasteiger partial charge in [0, 0.05) is 29.7 Å². The molecule has 168 valence electrons. The quantitative estimate of drug-likeness (QED) is 0.452. The summed E-state index contributed by atoms with van der Waals surface area (Å²) in [5, 5.41) is 3.51. The molecule has 0 aromatic heterocycles. The van der Waals surface area contributed by atoms with Crippen LogP contribution in [-0.4, -0.2) is 32.3 Å². The molecule has 0 unspecified atom stereocenters. The molecule has 1 N–H and O–H groups in total. The van der Waals surface area contributed by atoms with Gasteiger partial charge in [-0.25, -0.2) is 8.42 Å². The molecule has 1 amide bonds. The fourth-order valence-corrected chi connectivity index (χ4v) is 4.53. The second-order valence-corrected chi connectivity index (χ2v) is 9.80. The smallest absolute Gasteiger partial charge is 0.255 e. The van der Waals surface area contributed by atoms with Crippen molar-refractivity contribution >= 4 is 44.8 Å². The molecule has 0 aliphatic heterocycles. The SMILES string of the molecule is CCOc1ccc(C(=O)Nc2cc(Cl)ccc2Cl)cc1CN(C)S(=O)(=O)c1ccccc1. The second-order valence-electron chi connectivity index (χ2n) is 6.91. The number of halogens is 2. The highest BCUT2D eigenvalue weighted by atomic mass is 35.5. The van der Waals surface area contributed by atoms with Crippen LogP contribution in [0.25, 0.3) is 0 Å². The minimum Gasteiger partial charge on any atom is -0.494 e. The van der Waals surface area contributed by atoms with Crippen molar-refractivity contribution in [1.82, 2.24) is 4.31 Å². The highest BCUT2D eigenvalue weighted by Crippen LogP contribution is 2.28. The lowest BCUT2D eigenvalue weighted by Crippen LogP contribution is -2.27. The predicted molar refractivity (Wildman–Crippen MR) is 127 cm³/mol. The van der Waals surface area contributed by atoms with E-state index in [2.05, 4.69) is 5.32 Å². The third-order valence-corrected chi connectivity index (χ3v) is 7.03. The Labute approximate surface area is 197 Å². The molecule has 3 aromatic carbocycles. The van der Waals surface area contributed by atoms with Crippen LogP contribution in [0.4, 0.5) is 5.69 Å². The Morgan fingerprint density at radius 1 is 1.03 bits per heavy atom. The van der Waals surface area contributed by atoms with Gasteiger partial charge in [0.1, 0.15) is 5.75 Å². The van der Waals surface area contributed by atoms with Crippen molar-refractivity contribution < 1.29 is 17.9 Å². The number of nitrogens with one attached hydrogen (secondary N) is 1. The molecule has 0 aliphatic rings. The van der Waals surface area contributed by atoms with E-state index in [-0.39, 0.29) is 11.4 Å². The minimum atomic E-state index is -3.72. The molecule has 9 heteroatoms.